The number of thiophene rings is 1. The maximum absolute atomic E-state index is 14.2. The summed E-state index contributed by atoms with van der Waals surface area (Å²) in [7, 11) is 3.29. The van der Waals surface area contributed by atoms with Crippen LogP contribution in [0.15, 0.2) is 132 Å². The summed E-state index contributed by atoms with van der Waals surface area (Å²) in [6.07, 6.45) is 7.20. The Morgan fingerprint density at radius 2 is 1.52 bits per heavy atom. The molecule has 0 radical (unpaired) electrons. The van der Waals surface area contributed by atoms with Gasteiger partial charge < -0.3 is 29.8 Å². The third-order valence-electron chi connectivity index (χ3n) is 8.85. The number of hydrogen-bond donors (Lipinski definition) is 2. The number of benzene rings is 5. The van der Waals surface area contributed by atoms with E-state index in [1.54, 1.807) is 38.5 Å². The second kappa shape index (κ2) is 28.0. The van der Waals surface area contributed by atoms with Gasteiger partial charge in [0.1, 0.15) is 29.9 Å². The number of thioether (sulfide) groups is 1. The molecule has 320 valence electrons. The number of hydrogen-bond acceptors (Lipinski definition) is 9. The predicted octanol–water partition coefficient (Wildman–Crippen LogP) is 13.3. The van der Waals surface area contributed by atoms with Gasteiger partial charge in [0.2, 0.25) is 0 Å². The van der Waals surface area contributed by atoms with Crippen molar-refractivity contribution in [3.05, 3.63) is 149 Å². The van der Waals surface area contributed by atoms with Crippen LogP contribution in [0.2, 0.25) is 0 Å². The predicted molar refractivity (Wildman–Crippen MR) is 255 cm³/mol. The molecule has 0 unspecified atom stereocenters. The highest BCUT2D eigenvalue weighted by atomic mass is 32.2. The Hall–Kier alpha value is -5.68. The van der Waals surface area contributed by atoms with E-state index in [0.29, 0.717) is 42.9 Å². The van der Waals surface area contributed by atoms with E-state index >= 15 is 0 Å². The summed E-state index contributed by atoms with van der Waals surface area (Å²) in [5.74, 6) is 2.39. The van der Waals surface area contributed by atoms with Crippen molar-refractivity contribution in [3.8, 4) is 33.8 Å². The average molecular weight is 861 g/mol. The molecule has 10 heteroatoms. The van der Waals surface area contributed by atoms with Gasteiger partial charge in [-0.25, -0.2) is 4.39 Å². The summed E-state index contributed by atoms with van der Waals surface area (Å²) in [5, 5.41) is 16.2. The topological polar surface area (TPSA) is 110 Å². The fraction of sp³-hybridized carbons (Fsp3) is 0.255. The maximum atomic E-state index is 14.2. The number of aryl methyl sites for hydroxylation is 1. The molecule has 7 nitrogen and oxygen atoms in total. The Morgan fingerprint density at radius 1 is 0.836 bits per heavy atom. The summed E-state index contributed by atoms with van der Waals surface area (Å²) >= 11 is 3.59. The van der Waals surface area contributed by atoms with E-state index in [1.165, 1.54) is 51.4 Å². The third kappa shape index (κ3) is 17.4. The first-order valence-electron chi connectivity index (χ1n) is 20.1. The SMILES string of the molecule is C=C(C)C=O.CC(=N)c1cc2ccccc2s1.CCCCSc1ccc(-c2ccc(OC)c(C=N)c2)cc1.COCCCOc1ccc(-c2ccc(CCC=O)cc2F)cc1. The maximum Gasteiger partial charge on any atom is 0.145 e. The number of methoxy groups -OCH3 is 2. The van der Waals surface area contributed by atoms with Crippen molar-refractivity contribution in [3.63, 3.8) is 0 Å². The van der Waals surface area contributed by atoms with Crippen molar-refractivity contribution >= 4 is 57.7 Å². The van der Waals surface area contributed by atoms with Crippen LogP contribution in [0.25, 0.3) is 32.3 Å². The van der Waals surface area contributed by atoms with Crippen molar-refractivity contribution in [2.75, 3.05) is 33.2 Å². The number of allylic oxidation sites excluding steroid dienone is 1. The Morgan fingerprint density at radius 3 is 2.11 bits per heavy atom. The lowest BCUT2D eigenvalue weighted by Gasteiger charge is -2.09. The van der Waals surface area contributed by atoms with Gasteiger partial charge in [-0.05, 0) is 120 Å². The summed E-state index contributed by atoms with van der Waals surface area (Å²) in [4.78, 5) is 22.2. The van der Waals surface area contributed by atoms with Crippen molar-refractivity contribution in [1.29, 1.82) is 10.8 Å². The van der Waals surface area contributed by atoms with Crippen LogP contribution in [0.5, 0.6) is 11.5 Å². The van der Waals surface area contributed by atoms with Gasteiger partial charge in [-0.1, -0.05) is 80.6 Å². The second-order valence-electron chi connectivity index (χ2n) is 13.8. The van der Waals surface area contributed by atoms with Crippen LogP contribution in [0.1, 0.15) is 62.5 Å². The quantitative estimate of drug-likeness (QED) is 0.0293. The molecule has 5 aromatic carbocycles. The number of halogens is 1. The molecule has 2 N–H and O–H groups in total. The zero-order valence-electron chi connectivity index (χ0n) is 35.8. The zero-order chi connectivity index (χ0) is 44.4. The fourth-order valence-electron chi connectivity index (χ4n) is 5.57. The minimum absolute atomic E-state index is 0.276. The van der Waals surface area contributed by atoms with Gasteiger partial charge in [0.05, 0.1) is 13.7 Å². The summed E-state index contributed by atoms with van der Waals surface area (Å²) < 4.78 is 31.3. The minimum Gasteiger partial charge on any atom is -0.496 e. The Balaban J connectivity index is 0.000000239. The van der Waals surface area contributed by atoms with E-state index in [0.717, 1.165) is 57.6 Å². The molecule has 6 aromatic rings. The molecule has 0 aliphatic rings. The molecule has 0 amide bonds. The number of aldehydes is 2. The molecule has 0 aliphatic carbocycles. The molecule has 6 rings (SSSR count). The van der Waals surface area contributed by atoms with Gasteiger partial charge in [0, 0.05) is 64.1 Å². The lowest BCUT2D eigenvalue weighted by atomic mass is 10.0. The lowest BCUT2D eigenvalue weighted by molar-refractivity contribution is -0.108. The number of nitrogens with one attached hydrogen (secondary N) is 2. The van der Waals surface area contributed by atoms with Gasteiger partial charge in [0.25, 0.3) is 0 Å². The number of rotatable bonds is 18. The number of carbonyl (C=O) groups excluding carboxylic acids is 2. The number of carbonyl (C=O) groups is 2. The van der Waals surface area contributed by atoms with E-state index in [2.05, 4.69) is 56.0 Å². The molecule has 1 aromatic heterocycles. The fourth-order valence-corrected chi connectivity index (χ4v) is 7.53. The molecule has 0 saturated carbocycles. The van der Waals surface area contributed by atoms with Gasteiger partial charge in [-0.15, -0.1) is 23.1 Å². The van der Waals surface area contributed by atoms with Crippen LogP contribution in [-0.2, 0) is 20.7 Å². The van der Waals surface area contributed by atoms with Crippen LogP contribution in [-0.4, -0.2) is 57.7 Å². The first-order valence-corrected chi connectivity index (χ1v) is 21.9. The van der Waals surface area contributed by atoms with E-state index in [4.69, 9.17) is 25.0 Å². The zero-order valence-corrected chi connectivity index (χ0v) is 37.4. The molecule has 0 saturated heterocycles. The van der Waals surface area contributed by atoms with Gasteiger partial charge in [-0.2, -0.15) is 0 Å². The second-order valence-corrected chi connectivity index (χ2v) is 16.1. The van der Waals surface area contributed by atoms with Crippen LogP contribution in [0.4, 0.5) is 4.39 Å². The normalized spacial score (nSPS) is 10.1. The molecule has 61 heavy (non-hydrogen) atoms. The number of fused-ring (bicyclic) bond motifs is 1. The van der Waals surface area contributed by atoms with E-state index in [1.807, 2.05) is 79.3 Å². The highest BCUT2D eigenvalue weighted by Gasteiger charge is 2.08. The van der Waals surface area contributed by atoms with Crippen LogP contribution in [0.3, 0.4) is 0 Å². The van der Waals surface area contributed by atoms with Crippen molar-refractivity contribution < 1.29 is 28.2 Å². The van der Waals surface area contributed by atoms with Crippen LogP contribution in [0, 0.1) is 16.6 Å². The first-order chi connectivity index (χ1) is 29.6. The average Bonchev–Trinajstić information content (AvgIpc) is 3.74. The molecule has 0 spiro atoms. The number of ether oxygens (including phenoxy) is 3. The van der Waals surface area contributed by atoms with Crippen molar-refractivity contribution in [2.45, 2.75) is 57.8 Å². The lowest BCUT2D eigenvalue weighted by Crippen LogP contribution is -2.01. The smallest absolute Gasteiger partial charge is 0.145 e. The standard InChI is InChI=1S/C19H21FO3.C18H21NOS.C10H9NS.C4H6O/c1-22-12-3-13-23-17-8-6-16(7-9-17)18-10-5-15(4-2-11-21)14-19(18)20;1-3-4-11-21-17-8-5-14(6-9-17)15-7-10-18(20-2)16(12-15)13-19;1-7(11)10-6-8-4-2-3-5-9(8)12-10;1-4(2)3-5/h5-11,14H,2-4,12-13H2,1H3;5-10,12-13,19H,3-4,11H2,1-2H3;2-6,11H,1H3;3H,1H2,2H3. The minimum atomic E-state index is -0.276. The summed E-state index contributed by atoms with van der Waals surface area (Å²) in [6.45, 7) is 10.3. The Labute approximate surface area is 369 Å². The van der Waals surface area contributed by atoms with Gasteiger partial charge >= 0.3 is 0 Å². The Bertz CT molecular complexity index is 2250. The molecule has 0 aliphatic heterocycles. The molecular formula is C51H57FN2O5S2. The molecular weight excluding hydrogens is 804 g/mol. The third-order valence-corrected chi connectivity index (χ3v) is 11.2. The highest BCUT2D eigenvalue weighted by Crippen LogP contribution is 2.29. The van der Waals surface area contributed by atoms with Gasteiger partial charge in [-0.3, -0.25) is 4.79 Å². The van der Waals surface area contributed by atoms with Crippen LogP contribution >= 0.6 is 23.1 Å². The van der Waals surface area contributed by atoms with Crippen molar-refractivity contribution in [1.82, 2.24) is 0 Å². The largest absolute Gasteiger partial charge is 0.496 e. The first kappa shape index (κ1) is 49.7. The molecule has 1 heterocycles. The summed E-state index contributed by atoms with van der Waals surface area (Å²) in [5.41, 5.74) is 6.48. The Kier molecular flexibility index (Phi) is 22.8. The summed E-state index contributed by atoms with van der Waals surface area (Å²) in [6, 6.07) is 37.3. The van der Waals surface area contributed by atoms with Gasteiger partial charge in [0.15, 0.2) is 0 Å². The number of unbranched alkanes of at least 4 members (excludes halogenated alkanes) is 1. The van der Waals surface area contributed by atoms with E-state index in [-0.39, 0.29) is 5.82 Å². The molecule has 0 bridgehead atoms. The highest BCUT2D eigenvalue weighted by molar-refractivity contribution is 7.99. The van der Waals surface area contributed by atoms with E-state index in [9.17, 15) is 14.0 Å². The molecule has 0 atom stereocenters. The monoisotopic (exact) mass is 860 g/mol. The van der Waals surface area contributed by atoms with E-state index < -0.39 is 0 Å². The van der Waals surface area contributed by atoms with Crippen molar-refractivity contribution in [2.24, 2.45) is 0 Å². The molecule has 0 fully saturated rings. The van der Waals surface area contributed by atoms with Crippen LogP contribution < -0.4 is 9.47 Å².